The molecule has 26 heavy (non-hydrogen) atoms. The lowest BCUT2D eigenvalue weighted by Gasteiger charge is -2.28. The Morgan fingerprint density at radius 2 is 2.08 bits per heavy atom. The molecular formula is C19H24N2O5. The average molecular weight is 360 g/mol. The molecule has 2 rings (SSSR count). The normalized spacial score (nSPS) is 16.9. The molecule has 0 radical (unpaired) electrons. The molecule has 1 atom stereocenters. The summed E-state index contributed by atoms with van der Waals surface area (Å²) in [6.07, 6.45) is 3.53. The second-order valence-corrected chi connectivity index (χ2v) is 5.58. The Bertz CT molecular complexity index is 739. The summed E-state index contributed by atoms with van der Waals surface area (Å²) in [5.74, 6) is 0.624. The van der Waals surface area contributed by atoms with Crippen LogP contribution in [-0.4, -0.2) is 32.3 Å². The van der Waals surface area contributed by atoms with Crippen LogP contribution in [0.25, 0.3) is 0 Å². The second-order valence-electron chi connectivity index (χ2n) is 5.58. The third-order valence-electron chi connectivity index (χ3n) is 3.86. The van der Waals surface area contributed by atoms with Gasteiger partial charge in [-0.15, -0.1) is 0 Å². The Morgan fingerprint density at radius 1 is 1.31 bits per heavy atom. The Hall–Kier alpha value is -2.96. The zero-order valence-electron chi connectivity index (χ0n) is 15.4. The van der Waals surface area contributed by atoms with Crippen molar-refractivity contribution in [2.75, 3.05) is 20.3 Å². The van der Waals surface area contributed by atoms with Gasteiger partial charge in [0.1, 0.15) is 6.61 Å². The predicted octanol–water partition coefficient (Wildman–Crippen LogP) is 2.84. The maximum atomic E-state index is 12.5. The van der Waals surface area contributed by atoms with E-state index in [0.717, 1.165) is 0 Å². The molecule has 1 aliphatic heterocycles. The lowest BCUT2D eigenvalue weighted by Crippen LogP contribution is -2.45. The van der Waals surface area contributed by atoms with E-state index in [1.165, 1.54) is 7.11 Å². The minimum atomic E-state index is -0.647. The fraction of sp³-hybridized carbons (Fsp3) is 0.368. The minimum absolute atomic E-state index is 0.166. The molecule has 0 aliphatic carbocycles. The van der Waals surface area contributed by atoms with Crippen LogP contribution in [-0.2, 0) is 9.53 Å². The number of allylic oxidation sites excluding steroid dienone is 2. The molecule has 2 N–H and O–H groups in total. The van der Waals surface area contributed by atoms with Gasteiger partial charge in [0.15, 0.2) is 11.5 Å². The van der Waals surface area contributed by atoms with Crippen molar-refractivity contribution in [1.29, 1.82) is 0 Å². The third-order valence-corrected chi connectivity index (χ3v) is 3.86. The zero-order valence-corrected chi connectivity index (χ0v) is 15.4. The molecule has 7 heteroatoms. The lowest BCUT2D eigenvalue weighted by atomic mass is 9.95. The van der Waals surface area contributed by atoms with E-state index >= 15 is 0 Å². The maximum absolute atomic E-state index is 12.5. The number of nitrogens with one attached hydrogen (secondary N) is 2. The van der Waals surface area contributed by atoms with Crippen molar-refractivity contribution in [2.24, 2.45) is 0 Å². The van der Waals surface area contributed by atoms with E-state index in [9.17, 15) is 9.59 Å². The molecule has 0 unspecified atom stereocenters. The molecule has 0 fully saturated rings. The molecule has 0 saturated heterocycles. The molecule has 0 aromatic heterocycles. The molecule has 1 aliphatic rings. The number of hydrogen-bond donors (Lipinski definition) is 2. The summed E-state index contributed by atoms with van der Waals surface area (Å²) < 4.78 is 16.1. The fourth-order valence-corrected chi connectivity index (χ4v) is 2.65. The van der Waals surface area contributed by atoms with Crippen LogP contribution in [0.2, 0.25) is 0 Å². The second kappa shape index (κ2) is 8.94. The van der Waals surface area contributed by atoms with Gasteiger partial charge in [0, 0.05) is 5.70 Å². The van der Waals surface area contributed by atoms with Gasteiger partial charge in [0.25, 0.3) is 0 Å². The number of carbonyl (C=O) groups is 2. The summed E-state index contributed by atoms with van der Waals surface area (Å²) in [4.78, 5) is 24.5. The highest BCUT2D eigenvalue weighted by Gasteiger charge is 2.32. The third kappa shape index (κ3) is 4.36. The van der Waals surface area contributed by atoms with Crippen molar-refractivity contribution >= 4 is 12.0 Å². The Labute approximate surface area is 153 Å². The van der Waals surface area contributed by atoms with Crippen molar-refractivity contribution in [3.63, 3.8) is 0 Å². The van der Waals surface area contributed by atoms with Crippen molar-refractivity contribution in [2.45, 2.75) is 26.8 Å². The Kier molecular flexibility index (Phi) is 6.66. The lowest BCUT2D eigenvalue weighted by molar-refractivity contribution is -0.138. The number of carbonyl (C=O) groups excluding carboxylic acids is 2. The van der Waals surface area contributed by atoms with Gasteiger partial charge >= 0.3 is 12.0 Å². The van der Waals surface area contributed by atoms with Crippen molar-refractivity contribution in [3.8, 4) is 11.5 Å². The average Bonchev–Trinajstić information content (AvgIpc) is 2.61. The van der Waals surface area contributed by atoms with E-state index in [2.05, 4.69) is 10.6 Å². The Balaban J connectivity index is 2.39. The van der Waals surface area contributed by atoms with E-state index < -0.39 is 12.0 Å². The summed E-state index contributed by atoms with van der Waals surface area (Å²) in [5.41, 5.74) is 1.50. The number of esters is 1. The Morgan fingerprint density at radius 3 is 2.73 bits per heavy atom. The highest BCUT2D eigenvalue weighted by atomic mass is 16.5. The van der Waals surface area contributed by atoms with E-state index in [0.29, 0.717) is 34.9 Å². The predicted molar refractivity (Wildman–Crippen MR) is 97.0 cm³/mol. The summed E-state index contributed by atoms with van der Waals surface area (Å²) in [6, 6.07) is 4.25. The number of benzene rings is 1. The number of rotatable bonds is 7. The van der Waals surface area contributed by atoms with Gasteiger partial charge in [-0.3, -0.25) is 0 Å². The van der Waals surface area contributed by atoms with Crippen LogP contribution in [0, 0.1) is 0 Å². The molecule has 2 amide bonds. The van der Waals surface area contributed by atoms with Gasteiger partial charge in [-0.05, 0) is 38.5 Å². The first-order chi connectivity index (χ1) is 12.5. The summed E-state index contributed by atoms with van der Waals surface area (Å²) in [7, 11) is 1.54. The zero-order chi connectivity index (χ0) is 19.1. The first kappa shape index (κ1) is 19.4. The van der Waals surface area contributed by atoms with Crippen LogP contribution in [0.1, 0.15) is 32.4 Å². The summed E-state index contributed by atoms with van der Waals surface area (Å²) >= 11 is 0. The summed E-state index contributed by atoms with van der Waals surface area (Å²) in [6.45, 7) is 6.06. The van der Waals surface area contributed by atoms with Crippen molar-refractivity contribution in [1.82, 2.24) is 10.6 Å². The molecule has 1 heterocycles. The van der Waals surface area contributed by atoms with Gasteiger partial charge in [-0.1, -0.05) is 18.2 Å². The standard InChI is InChI=1S/C19H24N2O5/c1-5-7-10-26-18(22)16-12(3)20-19(23)21-17(16)13-8-9-14(25-6-2)15(11-13)24-4/h5,7-9,11,17H,6,10H2,1-4H3,(H2,20,21,23)/b7-5+/t17-/m1/s1. The van der Waals surface area contributed by atoms with Crippen LogP contribution >= 0.6 is 0 Å². The van der Waals surface area contributed by atoms with Crippen molar-refractivity contribution < 1.29 is 23.8 Å². The number of ether oxygens (including phenoxy) is 3. The van der Waals surface area contributed by atoms with Gasteiger partial charge in [0.05, 0.1) is 25.3 Å². The molecule has 1 aromatic rings. The molecule has 1 aromatic carbocycles. The number of amides is 2. The topological polar surface area (TPSA) is 85.9 Å². The van der Waals surface area contributed by atoms with Crippen LogP contribution in [0.4, 0.5) is 4.79 Å². The molecule has 0 bridgehead atoms. The molecule has 7 nitrogen and oxygen atoms in total. The monoisotopic (exact) mass is 360 g/mol. The largest absolute Gasteiger partial charge is 0.493 e. The molecular weight excluding hydrogens is 336 g/mol. The minimum Gasteiger partial charge on any atom is -0.493 e. The quantitative estimate of drug-likeness (QED) is 0.577. The van der Waals surface area contributed by atoms with E-state index in [1.54, 1.807) is 37.3 Å². The van der Waals surface area contributed by atoms with E-state index in [1.807, 2.05) is 13.8 Å². The van der Waals surface area contributed by atoms with Crippen molar-refractivity contribution in [3.05, 3.63) is 47.2 Å². The first-order valence-electron chi connectivity index (χ1n) is 8.39. The number of hydrogen-bond acceptors (Lipinski definition) is 5. The van der Waals surface area contributed by atoms with Gasteiger partial charge in [-0.25, -0.2) is 9.59 Å². The van der Waals surface area contributed by atoms with E-state index in [-0.39, 0.29) is 12.6 Å². The maximum Gasteiger partial charge on any atom is 0.338 e. The highest BCUT2D eigenvalue weighted by molar-refractivity contribution is 5.95. The molecule has 0 saturated carbocycles. The summed E-state index contributed by atoms with van der Waals surface area (Å²) in [5, 5.41) is 5.38. The smallest absolute Gasteiger partial charge is 0.338 e. The van der Waals surface area contributed by atoms with Gasteiger partial charge < -0.3 is 24.8 Å². The van der Waals surface area contributed by atoms with Crippen LogP contribution in [0.3, 0.4) is 0 Å². The molecule has 140 valence electrons. The fourth-order valence-electron chi connectivity index (χ4n) is 2.65. The molecule has 0 spiro atoms. The number of urea groups is 1. The van der Waals surface area contributed by atoms with Crippen LogP contribution in [0.5, 0.6) is 11.5 Å². The number of methoxy groups -OCH3 is 1. The van der Waals surface area contributed by atoms with Gasteiger partial charge in [-0.2, -0.15) is 0 Å². The van der Waals surface area contributed by atoms with Gasteiger partial charge in [0.2, 0.25) is 0 Å². The van der Waals surface area contributed by atoms with Crippen LogP contribution < -0.4 is 20.1 Å². The first-order valence-corrected chi connectivity index (χ1v) is 8.39. The van der Waals surface area contributed by atoms with E-state index in [4.69, 9.17) is 14.2 Å². The van der Waals surface area contributed by atoms with Crippen LogP contribution in [0.15, 0.2) is 41.6 Å². The highest BCUT2D eigenvalue weighted by Crippen LogP contribution is 2.34. The SMILES string of the molecule is C/C=C/COC(=O)C1=C(C)NC(=O)N[C@@H]1c1ccc(OCC)c(OC)c1.